The average Bonchev–Trinajstić information content (AvgIpc) is 3.19. The molecule has 1 aliphatic heterocycles. The smallest absolute Gasteiger partial charge is 0.407 e. The summed E-state index contributed by atoms with van der Waals surface area (Å²) in [6, 6.07) is 16.6. The van der Waals surface area contributed by atoms with Crippen LogP contribution >= 0.6 is 11.6 Å². The van der Waals surface area contributed by atoms with Gasteiger partial charge in [0.2, 0.25) is 0 Å². The minimum absolute atomic E-state index is 0.107. The standard InChI is InChI=1S/C21H19ClN2O5S/c22-14-5-7-16(8-6-14)30(27,28)23-19-9-10-20(18-4-2-1-3-17(18)19)29-15-11-12-24(13-15)21(25)26/h1-10,15,23H,11-13H2,(H,25,26). The Kier molecular flexibility index (Phi) is 5.44. The Morgan fingerprint density at radius 1 is 1.07 bits per heavy atom. The summed E-state index contributed by atoms with van der Waals surface area (Å²) in [4.78, 5) is 12.6. The van der Waals surface area contributed by atoms with E-state index in [1.54, 1.807) is 18.2 Å². The number of sulfonamides is 1. The van der Waals surface area contributed by atoms with Crippen molar-refractivity contribution in [2.75, 3.05) is 17.8 Å². The fraction of sp³-hybridized carbons (Fsp3) is 0.190. The van der Waals surface area contributed by atoms with Crippen molar-refractivity contribution in [1.29, 1.82) is 0 Å². The summed E-state index contributed by atoms with van der Waals surface area (Å²) >= 11 is 5.85. The second-order valence-electron chi connectivity index (χ2n) is 6.97. The first kappa shape index (κ1) is 20.3. The first-order valence-electron chi connectivity index (χ1n) is 9.28. The number of hydrogen-bond donors (Lipinski definition) is 2. The second kappa shape index (κ2) is 8.04. The van der Waals surface area contributed by atoms with E-state index in [0.29, 0.717) is 41.4 Å². The first-order chi connectivity index (χ1) is 14.3. The van der Waals surface area contributed by atoms with Crippen LogP contribution in [0.2, 0.25) is 5.02 Å². The van der Waals surface area contributed by atoms with Gasteiger partial charge in [-0.1, -0.05) is 35.9 Å². The summed E-state index contributed by atoms with van der Waals surface area (Å²) in [5, 5.41) is 11.0. The minimum atomic E-state index is -3.79. The molecular weight excluding hydrogens is 428 g/mol. The molecule has 3 aromatic rings. The monoisotopic (exact) mass is 446 g/mol. The lowest BCUT2D eigenvalue weighted by Crippen LogP contribution is -2.29. The maximum absolute atomic E-state index is 12.8. The molecule has 2 N–H and O–H groups in total. The highest BCUT2D eigenvalue weighted by Gasteiger charge is 2.28. The highest BCUT2D eigenvalue weighted by molar-refractivity contribution is 7.92. The molecule has 1 heterocycles. The van der Waals surface area contributed by atoms with Gasteiger partial charge < -0.3 is 14.7 Å². The number of anilines is 1. The van der Waals surface area contributed by atoms with Crippen LogP contribution in [0.15, 0.2) is 65.6 Å². The van der Waals surface area contributed by atoms with Crippen molar-refractivity contribution < 1.29 is 23.1 Å². The van der Waals surface area contributed by atoms with E-state index in [0.717, 1.165) is 5.39 Å². The number of halogens is 1. The van der Waals surface area contributed by atoms with Gasteiger partial charge in [0.25, 0.3) is 10.0 Å². The van der Waals surface area contributed by atoms with Gasteiger partial charge in [-0.25, -0.2) is 13.2 Å². The number of nitrogens with one attached hydrogen (secondary N) is 1. The molecule has 9 heteroatoms. The molecule has 1 unspecified atom stereocenters. The van der Waals surface area contributed by atoms with Crippen molar-refractivity contribution in [3.63, 3.8) is 0 Å². The fourth-order valence-electron chi connectivity index (χ4n) is 3.46. The van der Waals surface area contributed by atoms with Crippen molar-refractivity contribution in [2.24, 2.45) is 0 Å². The Hall–Kier alpha value is -2.97. The van der Waals surface area contributed by atoms with E-state index in [9.17, 15) is 13.2 Å². The van der Waals surface area contributed by atoms with E-state index >= 15 is 0 Å². The highest BCUT2D eigenvalue weighted by Crippen LogP contribution is 2.34. The van der Waals surface area contributed by atoms with Crippen LogP contribution in [0.5, 0.6) is 5.75 Å². The van der Waals surface area contributed by atoms with Crippen LogP contribution in [0.3, 0.4) is 0 Å². The molecule has 0 bridgehead atoms. The zero-order valence-electron chi connectivity index (χ0n) is 15.8. The third-order valence-corrected chi connectivity index (χ3v) is 6.59. The van der Waals surface area contributed by atoms with Crippen LogP contribution in [0, 0.1) is 0 Å². The molecule has 1 amide bonds. The number of rotatable bonds is 5. The molecule has 156 valence electrons. The lowest BCUT2D eigenvalue weighted by Gasteiger charge is -2.18. The predicted molar refractivity (Wildman–Crippen MR) is 115 cm³/mol. The summed E-state index contributed by atoms with van der Waals surface area (Å²) in [5.41, 5.74) is 0.423. The Balaban J connectivity index is 1.63. The van der Waals surface area contributed by atoms with E-state index in [2.05, 4.69) is 4.72 Å². The number of ether oxygens (including phenoxy) is 1. The van der Waals surface area contributed by atoms with E-state index < -0.39 is 16.1 Å². The number of amides is 1. The Morgan fingerprint density at radius 2 is 1.77 bits per heavy atom. The quantitative estimate of drug-likeness (QED) is 0.604. The van der Waals surface area contributed by atoms with E-state index in [4.69, 9.17) is 21.4 Å². The van der Waals surface area contributed by atoms with Crippen molar-refractivity contribution in [3.8, 4) is 5.75 Å². The summed E-state index contributed by atoms with van der Waals surface area (Å²) in [7, 11) is -3.79. The number of carboxylic acid groups (broad SMARTS) is 1. The number of fused-ring (bicyclic) bond motifs is 1. The van der Waals surface area contributed by atoms with Gasteiger partial charge in [-0.05, 0) is 36.4 Å². The Labute approximate surface area is 178 Å². The van der Waals surface area contributed by atoms with E-state index in [1.165, 1.54) is 29.2 Å². The van der Waals surface area contributed by atoms with E-state index in [1.807, 2.05) is 18.2 Å². The lowest BCUT2D eigenvalue weighted by atomic mass is 10.1. The molecule has 1 atom stereocenters. The second-order valence-corrected chi connectivity index (χ2v) is 9.09. The minimum Gasteiger partial charge on any atom is -0.488 e. The molecule has 1 saturated heterocycles. The molecule has 0 aliphatic carbocycles. The van der Waals surface area contributed by atoms with Crippen molar-refractivity contribution in [1.82, 2.24) is 4.90 Å². The van der Waals surface area contributed by atoms with Gasteiger partial charge in [-0.3, -0.25) is 4.72 Å². The van der Waals surface area contributed by atoms with Gasteiger partial charge in [0.05, 0.1) is 17.1 Å². The topological polar surface area (TPSA) is 95.9 Å². The van der Waals surface area contributed by atoms with Crippen LogP contribution in [0.4, 0.5) is 10.5 Å². The predicted octanol–water partition coefficient (Wildman–Crippen LogP) is 4.43. The SMILES string of the molecule is O=C(O)N1CCC(Oc2ccc(NS(=O)(=O)c3ccc(Cl)cc3)c3ccccc23)C1. The number of carbonyl (C=O) groups is 1. The highest BCUT2D eigenvalue weighted by atomic mass is 35.5. The van der Waals surface area contributed by atoms with Crippen LogP contribution in [0.25, 0.3) is 10.8 Å². The third-order valence-electron chi connectivity index (χ3n) is 4.96. The maximum Gasteiger partial charge on any atom is 0.407 e. The lowest BCUT2D eigenvalue weighted by molar-refractivity contribution is 0.146. The fourth-order valence-corrected chi connectivity index (χ4v) is 4.66. The van der Waals surface area contributed by atoms with Crippen LogP contribution < -0.4 is 9.46 Å². The summed E-state index contributed by atoms with van der Waals surface area (Å²) in [5.74, 6) is 0.581. The number of likely N-dealkylation sites (tertiary alicyclic amines) is 1. The van der Waals surface area contributed by atoms with Crippen LogP contribution in [-0.4, -0.2) is 43.7 Å². The molecule has 1 fully saturated rings. The normalized spacial score (nSPS) is 16.6. The summed E-state index contributed by atoms with van der Waals surface area (Å²) in [6.07, 6.45) is -0.606. The van der Waals surface area contributed by atoms with Gasteiger partial charge in [0, 0.05) is 28.8 Å². The molecule has 0 spiro atoms. The zero-order valence-corrected chi connectivity index (χ0v) is 17.4. The molecule has 4 rings (SSSR count). The van der Waals surface area contributed by atoms with Crippen LogP contribution in [-0.2, 0) is 10.0 Å². The Morgan fingerprint density at radius 3 is 2.43 bits per heavy atom. The molecule has 7 nitrogen and oxygen atoms in total. The van der Waals surface area contributed by atoms with Crippen LogP contribution in [0.1, 0.15) is 6.42 Å². The molecule has 0 aromatic heterocycles. The molecule has 0 radical (unpaired) electrons. The zero-order chi connectivity index (χ0) is 21.3. The van der Waals surface area contributed by atoms with Crippen molar-refractivity contribution in [3.05, 3.63) is 65.7 Å². The number of benzene rings is 3. The van der Waals surface area contributed by atoms with E-state index in [-0.39, 0.29) is 11.0 Å². The number of hydrogen-bond acceptors (Lipinski definition) is 4. The van der Waals surface area contributed by atoms with Gasteiger partial charge in [-0.2, -0.15) is 0 Å². The molecule has 0 saturated carbocycles. The average molecular weight is 447 g/mol. The molecule has 3 aromatic carbocycles. The van der Waals surface area contributed by atoms with Gasteiger partial charge in [0.15, 0.2) is 0 Å². The summed E-state index contributed by atoms with van der Waals surface area (Å²) < 4.78 is 34.2. The van der Waals surface area contributed by atoms with Gasteiger partial charge >= 0.3 is 6.09 Å². The van der Waals surface area contributed by atoms with Crippen molar-refractivity contribution in [2.45, 2.75) is 17.4 Å². The molecule has 1 aliphatic rings. The third kappa shape index (κ3) is 4.15. The maximum atomic E-state index is 12.8. The molecular formula is C21H19ClN2O5S. The van der Waals surface area contributed by atoms with Crippen molar-refractivity contribution >= 4 is 44.2 Å². The van der Waals surface area contributed by atoms with Gasteiger partial charge in [-0.15, -0.1) is 0 Å². The Bertz CT molecular complexity index is 1200. The first-order valence-corrected chi connectivity index (χ1v) is 11.1. The molecule has 30 heavy (non-hydrogen) atoms. The summed E-state index contributed by atoms with van der Waals surface area (Å²) in [6.45, 7) is 0.728. The van der Waals surface area contributed by atoms with Gasteiger partial charge in [0.1, 0.15) is 11.9 Å². The largest absolute Gasteiger partial charge is 0.488 e. The number of nitrogens with zero attached hydrogens (tertiary/aromatic N) is 1.